The highest BCUT2D eigenvalue weighted by molar-refractivity contribution is 5.76. The normalized spacial score (nSPS) is 23.8. The van der Waals surface area contributed by atoms with Crippen LogP contribution in [-0.4, -0.2) is 22.6 Å². The van der Waals surface area contributed by atoms with E-state index in [2.05, 4.69) is 6.92 Å². The van der Waals surface area contributed by atoms with Gasteiger partial charge < -0.3 is 9.84 Å². The second-order valence-electron chi connectivity index (χ2n) is 10.00. The molecule has 174 valence electrons. The number of carboxylic acid groups (broad SMARTS) is 1. The Balaban J connectivity index is 1.70. The number of carbonyl (C=O) groups is 2. The lowest BCUT2D eigenvalue weighted by atomic mass is 9.79. The molecule has 0 radical (unpaired) electrons. The predicted molar refractivity (Wildman–Crippen MR) is 121 cm³/mol. The summed E-state index contributed by atoms with van der Waals surface area (Å²) >= 11 is 0. The van der Waals surface area contributed by atoms with E-state index in [-0.39, 0.29) is 23.4 Å². The summed E-state index contributed by atoms with van der Waals surface area (Å²) in [6.45, 7) is 2.26. The van der Waals surface area contributed by atoms with Crippen LogP contribution < -0.4 is 0 Å². The Morgan fingerprint density at radius 1 is 0.800 bits per heavy atom. The number of hydrogen-bond acceptors (Lipinski definition) is 3. The number of carboxylic acids is 1. The molecule has 0 aromatic heterocycles. The molecule has 0 saturated heterocycles. The summed E-state index contributed by atoms with van der Waals surface area (Å²) in [6.07, 6.45) is 22.5. The van der Waals surface area contributed by atoms with Gasteiger partial charge in [0, 0.05) is 0 Å². The lowest BCUT2D eigenvalue weighted by molar-refractivity contribution is -0.172. The zero-order chi connectivity index (χ0) is 21.7. The van der Waals surface area contributed by atoms with Crippen molar-refractivity contribution >= 4 is 11.9 Å². The molecule has 0 aromatic carbocycles. The molecule has 2 unspecified atom stereocenters. The highest BCUT2D eigenvalue weighted by Gasteiger charge is 2.39. The van der Waals surface area contributed by atoms with Gasteiger partial charge in [0.2, 0.25) is 0 Å². The summed E-state index contributed by atoms with van der Waals surface area (Å²) < 4.78 is 6.20. The summed E-state index contributed by atoms with van der Waals surface area (Å²) in [7, 11) is 0. The SMILES string of the molecule is CCCCCCCCCCCCC1(OC(=O)C2CCCC(C(=O)O)C2)CCCCC1. The lowest BCUT2D eigenvalue weighted by Crippen LogP contribution is -2.40. The molecule has 1 N–H and O–H groups in total. The third-order valence-electron chi connectivity index (χ3n) is 7.42. The van der Waals surface area contributed by atoms with E-state index in [0.29, 0.717) is 12.8 Å². The number of esters is 1. The fourth-order valence-corrected chi connectivity index (χ4v) is 5.46. The molecule has 0 heterocycles. The number of carbonyl (C=O) groups excluding carboxylic acids is 1. The van der Waals surface area contributed by atoms with E-state index in [1.54, 1.807) is 0 Å². The minimum absolute atomic E-state index is 0.116. The highest BCUT2D eigenvalue weighted by Crippen LogP contribution is 2.39. The van der Waals surface area contributed by atoms with Crippen LogP contribution in [0.1, 0.15) is 135 Å². The molecule has 0 bridgehead atoms. The topological polar surface area (TPSA) is 63.6 Å². The molecule has 2 aliphatic carbocycles. The Bertz CT molecular complexity index is 495. The average Bonchev–Trinajstić information content (AvgIpc) is 2.76. The van der Waals surface area contributed by atoms with E-state index in [9.17, 15) is 14.7 Å². The van der Waals surface area contributed by atoms with Gasteiger partial charge in [0.05, 0.1) is 11.8 Å². The zero-order valence-corrected chi connectivity index (χ0v) is 19.5. The predicted octanol–water partition coefficient (Wildman–Crippen LogP) is 7.43. The molecular weight excluding hydrogens is 376 g/mol. The largest absolute Gasteiger partial charge is 0.481 e. The maximum absolute atomic E-state index is 12.9. The lowest BCUT2D eigenvalue weighted by Gasteiger charge is -2.39. The Kier molecular flexibility index (Phi) is 11.8. The van der Waals surface area contributed by atoms with Crippen molar-refractivity contribution in [3.63, 3.8) is 0 Å². The second-order valence-corrected chi connectivity index (χ2v) is 10.00. The van der Waals surface area contributed by atoms with Gasteiger partial charge >= 0.3 is 11.9 Å². The van der Waals surface area contributed by atoms with Crippen LogP contribution in [0.4, 0.5) is 0 Å². The minimum Gasteiger partial charge on any atom is -0.481 e. The molecule has 2 atom stereocenters. The van der Waals surface area contributed by atoms with E-state index in [1.165, 1.54) is 64.2 Å². The van der Waals surface area contributed by atoms with Crippen molar-refractivity contribution in [1.82, 2.24) is 0 Å². The molecule has 0 aliphatic heterocycles. The van der Waals surface area contributed by atoms with Gasteiger partial charge in [-0.05, 0) is 57.8 Å². The standard InChI is InChI=1S/C26H46O4/c1-2-3-4-5-6-7-8-9-10-12-18-26(19-13-11-14-20-26)30-25(29)23-17-15-16-22(21-23)24(27)28/h22-23H,2-21H2,1H3,(H,27,28). The van der Waals surface area contributed by atoms with E-state index in [1.807, 2.05) is 0 Å². The summed E-state index contributed by atoms with van der Waals surface area (Å²) in [5, 5.41) is 9.32. The van der Waals surface area contributed by atoms with Gasteiger partial charge in [-0.3, -0.25) is 9.59 Å². The molecule has 0 amide bonds. The first-order valence-electron chi connectivity index (χ1n) is 13.0. The van der Waals surface area contributed by atoms with Crippen molar-refractivity contribution in [2.75, 3.05) is 0 Å². The van der Waals surface area contributed by atoms with Crippen LogP contribution in [0.5, 0.6) is 0 Å². The molecule has 2 fully saturated rings. The van der Waals surface area contributed by atoms with Gasteiger partial charge in [0.1, 0.15) is 5.60 Å². The minimum atomic E-state index is -0.759. The van der Waals surface area contributed by atoms with Crippen LogP contribution >= 0.6 is 0 Å². The van der Waals surface area contributed by atoms with Gasteiger partial charge in [-0.25, -0.2) is 0 Å². The molecule has 2 saturated carbocycles. The van der Waals surface area contributed by atoms with Gasteiger partial charge in [-0.1, -0.05) is 77.6 Å². The summed E-state index contributed by atoms with van der Waals surface area (Å²) in [5.74, 6) is -1.47. The van der Waals surface area contributed by atoms with Crippen molar-refractivity contribution in [3.05, 3.63) is 0 Å². The number of hydrogen-bond donors (Lipinski definition) is 1. The van der Waals surface area contributed by atoms with Gasteiger partial charge in [-0.15, -0.1) is 0 Å². The number of rotatable bonds is 14. The molecule has 0 aromatic rings. The zero-order valence-electron chi connectivity index (χ0n) is 19.5. The quantitative estimate of drug-likeness (QED) is 0.233. The van der Waals surface area contributed by atoms with Crippen molar-refractivity contribution in [2.45, 2.75) is 141 Å². The average molecular weight is 423 g/mol. The first-order valence-corrected chi connectivity index (χ1v) is 13.0. The van der Waals surface area contributed by atoms with Crippen molar-refractivity contribution in [3.8, 4) is 0 Å². The van der Waals surface area contributed by atoms with Gasteiger partial charge in [-0.2, -0.15) is 0 Å². The first-order chi connectivity index (χ1) is 14.6. The maximum atomic E-state index is 12.9. The Labute approximate surface area is 184 Å². The fraction of sp³-hybridized carbons (Fsp3) is 0.923. The summed E-state index contributed by atoms with van der Waals surface area (Å²) in [6, 6.07) is 0. The van der Waals surface area contributed by atoms with E-state index >= 15 is 0 Å². The van der Waals surface area contributed by atoms with Crippen molar-refractivity contribution in [1.29, 1.82) is 0 Å². The van der Waals surface area contributed by atoms with Crippen molar-refractivity contribution < 1.29 is 19.4 Å². The van der Waals surface area contributed by atoms with Crippen LogP contribution in [0.25, 0.3) is 0 Å². The van der Waals surface area contributed by atoms with E-state index < -0.39 is 5.97 Å². The Hall–Kier alpha value is -1.06. The number of ether oxygens (including phenoxy) is 1. The third-order valence-corrected chi connectivity index (χ3v) is 7.42. The Morgan fingerprint density at radius 3 is 1.97 bits per heavy atom. The molecule has 30 heavy (non-hydrogen) atoms. The molecule has 4 nitrogen and oxygen atoms in total. The molecular formula is C26H46O4. The number of unbranched alkanes of at least 4 members (excludes halogenated alkanes) is 9. The molecule has 4 heteroatoms. The van der Waals surface area contributed by atoms with Gasteiger partial charge in [0.25, 0.3) is 0 Å². The summed E-state index contributed by atoms with van der Waals surface area (Å²) in [4.78, 5) is 24.2. The maximum Gasteiger partial charge on any atom is 0.309 e. The fourth-order valence-electron chi connectivity index (χ4n) is 5.46. The molecule has 2 rings (SSSR count). The van der Waals surface area contributed by atoms with Gasteiger partial charge in [0.15, 0.2) is 0 Å². The van der Waals surface area contributed by atoms with Crippen LogP contribution in [0.3, 0.4) is 0 Å². The number of aliphatic carboxylic acids is 1. The van der Waals surface area contributed by atoms with Crippen molar-refractivity contribution in [2.24, 2.45) is 11.8 Å². The van der Waals surface area contributed by atoms with Crippen LogP contribution in [0.2, 0.25) is 0 Å². The van der Waals surface area contributed by atoms with Crippen LogP contribution in [0, 0.1) is 11.8 Å². The highest BCUT2D eigenvalue weighted by atomic mass is 16.6. The van der Waals surface area contributed by atoms with Crippen LogP contribution in [0.15, 0.2) is 0 Å². The Morgan fingerprint density at radius 2 is 1.37 bits per heavy atom. The third kappa shape index (κ3) is 8.98. The van der Waals surface area contributed by atoms with E-state index in [4.69, 9.17) is 4.74 Å². The second kappa shape index (κ2) is 14.1. The monoisotopic (exact) mass is 422 g/mol. The van der Waals surface area contributed by atoms with Crippen LogP contribution in [-0.2, 0) is 14.3 Å². The van der Waals surface area contributed by atoms with E-state index in [0.717, 1.165) is 51.4 Å². The smallest absolute Gasteiger partial charge is 0.309 e. The first kappa shape index (κ1) is 25.2. The summed E-state index contributed by atoms with van der Waals surface area (Å²) in [5.41, 5.74) is -0.272. The molecule has 0 spiro atoms. The molecule has 2 aliphatic rings.